The number of rotatable bonds is 4. The van der Waals surface area contributed by atoms with E-state index in [1.54, 1.807) is 23.2 Å². The van der Waals surface area contributed by atoms with Crippen LogP contribution in [0, 0.1) is 0 Å². The van der Waals surface area contributed by atoms with E-state index < -0.39 is 0 Å². The van der Waals surface area contributed by atoms with Crippen molar-refractivity contribution in [1.82, 2.24) is 14.9 Å². The van der Waals surface area contributed by atoms with Crippen LogP contribution in [0.15, 0.2) is 70.5 Å². The molecule has 0 saturated carbocycles. The minimum absolute atomic E-state index is 0.0971. The van der Waals surface area contributed by atoms with Crippen LogP contribution >= 0.6 is 23.1 Å². The highest BCUT2D eigenvalue weighted by Gasteiger charge is 2.32. The van der Waals surface area contributed by atoms with E-state index in [0.29, 0.717) is 21.7 Å². The minimum atomic E-state index is -0.0971. The first kappa shape index (κ1) is 16.7. The van der Waals surface area contributed by atoms with Crippen LogP contribution in [-0.2, 0) is 4.79 Å². The molecule has 0 spiro atoms. The molecule has 3 heterocycles. The number of amidine groups is 1. The topological polar surface area (TPSA) is 58.5 Å². The lowest BCUT2D eigenvalue weighted by molar-refractivity contribution is -0.121. The number of para-hydroxylation sites is 1. The Labute approximate surface area is 158 Å². The molecular weight excluding hydrogens is 364 g/mol. The maximum absolute atomic E-state index is 12.8. The zero-order valence-corrected chi connectivity index (χ0v) is 15.3. The summed E-state index contributed by atoms with van der Waals surface area (Å²) < 4.78 is 0. The van der Waals surface area contributed by atoms with Crippen molar-refractivity contribution >= 4 is 56.3 Å². The number of fused-ring (bicyclic) bond motifs is 1. The Kier molecular flexibility index (Phi) is 4.64. The first-order valence-electron chi connectivity index (χ1n) is 7.91. The fourth-order valence-electron chi connectivity index (χ4n) is 2.53. The van der Waals surface area contributed by atoms with Gasteiger partial charge in [-0.05, 0) is 30.0 Å². The average Bonchev–Trinajstić information content (AvgIpc) is 3.26. The smallest absolute Gasteiger partial charge is 0.267 e. The van der Waals surface area contributed by atoms with E-state index in [2.05, 4.69) is 21.5 Å². The average molecular weight is 378 g/mol. The van der Waals surface area contributed by atoms with Gasteiger partial charge in [0.25, 0.3) is 5.91 Å². The van der Waals surface area contributed by atoms with Crippen molar-refractivity contribution in [3.05, 3.63) is 71.2 Å². The predicted octanol–water partition coefficient (Wildman–Crippen LogP) is 4.48. The van der Waals surface area contributed by atoms with Gasteiger partial charge in [-0.25, -0.2) is 9.97 Å². The number of carbonyl (C=O) groups excluding carboxylic acids is 1. The number of aliphatic imine (C=N–C) groups is 1. The quantitative estimate of drug-likeness (QED) is 0.496. The summed E-state index contributed by atoms with van der Waals surface area (Å²) in [5.74, 6) is -0.0971. The molecule has 1 saturated heterocycles. The van der Waals surface area contributed by atoms with Crippen LogP contribution in [0.5, 0.6) is 0 Å². The Bertz CT molecular complexity index is 1040. The fourth-order valence-corrected chi connectivity index (χ4v) is 4.07. The number of aromatic nitrogens is 2. The summed E-state index contributed by atoms with van der Waals surface area (Å²) >= 11 is 2.76. The molecule has 0 atom stereocenters. The van der Waals surface area contributed by atoms with Gasteiger partial charge in [0.15, 0.2) is 5.17 Å². The Morgan fingerprint density at radius 2 is 2.12 bits per heavy atom. The molecule has 7 heteroatoms. The third kappa shape index (κ3) is 3.31. The van der Waals surface area contributed by atoms with Gasteiger partial charge in [0.2, 0.25) is 5.13 Å². The van der Waals surface area contributed by atoms with E-state index >= 15 is 0 Å². The van der Waals surface area contributed by atoms with Crippen LogP contribution in [-0.4, -0.2) is 32.5 Å². The number of thioether (sulfide) groups is 1. The summed E-state index contributed by atoms with van der Waals surface area (Å²) in [4.78, 5) is 28.2. The fraction of sp³-hybridized carbons (Fsp3) is 0.0526. The number of nitrogens with zero attached hydrogens (tertiary/aromatic N) is 4. The highest BCUT2D eigenvalue weighted by molar-refractivity contribution is 8.18. The third-order valence-electron chi connectivity index (χ3n) is 3.71. The SMILES string of the molecule is C=CCN1C(=O)/C(=C/c2ccc3ccccc3n2)S/C1=N\c1nccs1. The van der Waals surface area contributed by atoms with E-state index in [4.69, 9.17) is 0 Å². The van der Waals surface area contributed by atoms with Crippen LogP contribution in [0.2, 0.25) is 0 Å². The molecule has 0 radical (unpaired) electrons. The lowest BCUT2D eigenvalue weighted by Crippen LogP contribution is -2.29. The molecule has 1 fully saturated rings. The first-order valence-corrected chi connectivity index (χ1v) is 9.60. The van der Waals surface area contributed by atoms with Crippen LogP contribution < -0.4 is 0 Å². The maximum atomic E-state index is 12.8. The Hall–Kier alpha value is -2.77. The number of amides is 1. The van der Waals surface area contributed by atoms with Gasteiger partial charge in [0.05, 0.1) is 16.1 Å². The van der Waals surface area contributed by atoms with Crippen molar-refractivity contribution in [2.75, 3.05) is 6.54 Å². The Morgan fingerprint density at radius 3 is 2.92 bits per heavy atom. The number of hydrogen-bond acceptors (Lipinski definition) is 6. The largest absolute Gasteiger partial charge is 0.282 e. The number of carbonyl (C=O) groups is 1. The van der Waals surface area contributed by atoms with Gasteiger partial charge in [-0.3, -0.25) is 9.69 Å². The second-order valence-electron chi connectivity index (χ2n) is 5.45. The standard InChI is InChI=1S/C19H14N4OS2/c1-2-10-23-17(24)16(26-19(23)22-18-20-9-11-25-18)12-14-8-7-13-5-3-4-6-15(13)21-14/h2-9,11-12H,1,10H2/b16-12-,22-19-. The van der Waals surface area contributed by atoms with Crippen LogP contribution in [0.4, 0.5) is 5.13 Å². The van der Waals surface area contributed by atoms with Crippen molar-refractivity contribution in [3.8, 4) is 0 Å². The zero-order valence-electron chi connectivity index (χ0n) is 13.7. The molecule has 0 unspecified atom stereocenters. The molecule has 2 aromatic heterocycles. The van der Waals surface area contributed by atoms with E-state index in [9.17, 15) is 4.79 Å². The van der Waals surface area contributed by atoms with Gasteiger partial charge in [-0.1, -0.05) is 30.3 Å². The Morgan fingerprint density at radius 1 is 1.23 bits per heavy atom. The van der Waals surface area contributed by atoms with Crippen molar-refractivity contribution in [2.24, 2.45) is 4.99 Å². The van der Waals surface area contributed by atoms with Crippen LogP contribution in [0.25, 0.3) is 17.0 Å². The normalized spacial score (nSPS) is 17.5. The van der Waals surface area contributed by atoms with E-state index in [0.717, 1.165) is 16.6 Å². The van der Waals surface area contributed by atoms with Gasteiger partial charge in [0, 0.05) is 23.5 Å². The van der Waals surface area contributed by atoms with Crippen LogP contribution in [0.1, 0.15) is 5.69 Å². The molecule has 1 aliphatic rings. The third-order valence-corrected chi connectivity index (χ3v) is 5.38. The predicted molar refractivity (Wildman–Crippen MR) is 108 cm³/mol. The summed E-state index contributed by atoms with van der Waals surface area (Å²) in [5, 5.41) is 4.16. The van der Waals surface area contributed by atoms with E-state index in [1.807, 2.05) is 41.8 Å². The van der Waals surface area contributed by atoms with Gasteiger partial charge in [-0.15, -0.1) is 17.9 Å². The highest BCUT2D eigenvalue weighted by Crippen LogP contribution is 2.34. The molecule has 1 aliphatic heterocycles. The molecule has 128 valence electrons. The van der Waals surface area contributed by atoms with Crippen LogP contribution in [0.3, 0.4) is 0 Å². The second kappa shape index (κ2) is 7.23. The molecule has 0 aliphatic carbocycles. The van der Waals surface area contributed by atoms with Gasteiger partial charge in [-0.2, -0.15) is 4.99 Å². The molecule has 5 nitrogen and oxygen atoms in total. The van der Waals surface area contributed by atoms with Crippen molar-refractivity contribution in [2.45, 2.75) is 0 Å². The molecular formula is C19H14N4OS2. The molecule has 0 bridgehead atoms. The number of thiazole rings is 1. The summed E-state index contributed by atoms with van der Waals surface area (Å²) in [7, 11) is 0. The zero-order chi connectivity index (χ0) is 17.9. The minimum Gasteiger partial charge on any atom is -0.282 e. The lowest BCUT2D eigenvalue weighted by Gasteiger charge is -2.11. The lowest BCUT2D eigenvalue weighted by atomic mass is 10.2. The van der Waals surface area contributed by atoms with Crippen molar-refractivity contribution in [1.29, 1.82) is 0 Å². The van der Waals surface area contributed by atoms with E-state index in [1.165, 1.54) is 23.1 Å². The molecule has 3 aromatic rings. The number of pyridine rings is 1. The summed E-state index contributed by atoms with van der Waals surface area (Å²) in [6, 6.07) is 11.8. The van der Waals surface area contributed by atoms with Gasteiger partial charge in [0.1, 0.15) is 0 Å². The number of hydrogen-bond donors (Lipinski definition) is 0. The maximum Gasteiger partial charge on any atom is 0.267 e. The summed E-state index contributed by atoms with van der Waals surface area (Å²) in [6.45, 7) is 4.13. The second-order valence-corrected chi connectivity index (χ2v) is 7.34. The summed E-state index contributed by atoms with van der Waals surface area (Å²) in [6.07, 6.45) is 5.19. The Balaban J connectivity index is 1.70. The molecule has 1 aromatic carbocycles. The number of benzene rings is 1. The molecule has 1 amide bonds. The van der Waals surface area contributed by atoms with Gasteiger partial charge >= 0.3 is 0 Å². The highest BCUT2D eigenvalue weighted by atomic mass is 32.2. The van der Waals surface area contributed by atoms with Crippen molar-refractivity contribution in [3.63, 3.8) is 0 Å². The molecule has 26 heavy (non-hydrogen) atoms. The monoisotopic (exact) mass is 378 g/mol. The molecule has 0 N–H and O–H groups in total. The van der Waals surface area contributed by atoms with Crippen molar-refractivity contribution < 1.29 is 4.79 Å². The van der Waals surface area contributed by atoms with Gasteiger partial charge < -0.3 is 0 Å². The summed E-state index contributed by atoms with van der Waals surface area (Å²) in [5.41, 5.74) is 1.64. The molecule has 4 rings (SSSR count). The first-order chi connectivity index (χ1) is 12.7. The van der Waals surface area contributed by atoms with E-state index in [-0.39, 0.29) is 5.91 Å².